The second-order valence-electron chi connectivity index (χ2n) is 3.76. The number of nitrogens with zero attached hydrogens (tertiary/aromatic N) is 1. The van der Waals surface area contributed by atoms with Crippen molar-refractivity contribution in [2.45, 2.75) is 0 Å². The lowest BCUT2D eigenvalue weighted by molar-refractivity contribution is 0.0955. The van der Waals surface area contributed by atoms with Crippen LogP contribution in [0.4, 0.5) is 0 Å². The van der Waals surface area contributed by atoms with Gasteiger partial charge >= 0.3 is 0 Å². The predicted molar refractivity (Wildman–Crippen MR) is 83.3 cm³/mol. The van der Waals surface area contributed by atoms with Gasteiger partial charge in [-0.25, -0.2) is 5.43 Å². The van der Waals surface area contributed by atoms with E-state index in [1.165, 1.54) is 0 Å². The highest BCUT2D eigenvalue weighted by Crippen LogP contribution is 2.10. The van der Waals surface area contributed by atoms with E-state index in [0.29, 0.717) is 5.56 Å². The number of hydrogen-bond donors (Lipinski definition) is 1. The maximum absolute atomic E-state index is 11.8. The van der Waals surface area contributed by atoms with Crippen molar-refractivity contribution in [3.05, 3.63) is 68.6 Å². The maximum atomic E-state index is 11.8. The fourth-order valence-corrected chi connectivity index (χ4v) is 1.91. The Morgan fingerprint density at radius 2 is 1.47 bits per heavy atom. The number of amides is 1. The lowest BCUT2D eigenvalue weighted by Gasteiger charge is -1.99. The van der Waals surface area contributed by atoms with Gasteiger partial charge in [0.2, 0.25) is 0 Å². The fourth-order valence-electron chi connectivity index (χ4n) is 1.38. The van der Waals surface area contributed by atoms with Crippen LogP contribution in [0.1, 0.15) is 15.9 Å². The van der Waals surface area contributed by atoms with Gasteiger partial charge in [-0.3, -0.25) is 4.79 Å². The molecule has 2 aromatic carbocycles. The highest BCUT2D eigenvalue weighted by molar-refractivity contribution is 9.10. The predicted octanol–water partition coefficient (Wildman–Crippen LogP) is 3.98. The number of hydrazone groups is 1. The zero-order chi connectivity index (χ0) is 13.7. The standard InChI is InChI=1S/C14H10Br2N2O/c15-12-5-1-10(2-6-12)9-17-18-14(19)11-3-7-13(16)8-4-11/h1-9H,(H,18,19)/b17-9-. The number of halogens is 2. The van der Waals surface area contributed by atoms with Gasteiger partial charge in [-0.1, -0.05) is 44.0 Å². The highest BCUT2D eigenvalue weighted by atomic mass is 79.9. The van der Waals surface area contributed by atoms with E-state index in [0.717, 1.165) is 14.5 Å². The third kappa shape index (κ3) is 4.29. The maximum Gasteiger partial charge on any atom is 0.271 e. The van der Waals surface area contributed by atoms with E-state index < -0.39 is 0 Å². The minimum Gasteiger partial charge on any atom is -0.267 e. The third-order valence-corrected chi connectivity index (χ3v) is 3.41. The summed E-state index contributed by atoms with van der Waals surface area (Å²) in [4.78, 5) is 11.8. The van der Waals surface area contributed by atoms with Crippen molar-refractivity contribution in [2.24, 2.45) is 5.10 Å². The van der Waals surface area contributed by atoms with Gasteiger partial charge in [0.25, 0.3) is 5.91 Å². The number of rotatable bonds is 3. The van der Waals surface area contributed by atoms with Crippen LogP contribution < -0.4 is 5.43 Å². The van der Waals surface area contributed by atoms with E-state index >= 15 is 0 Å². The van der Waals surface area contributed by atoms with Gasteiger partial charge in [0.1, 0.15) is 0 Å². The van der Waals surface area contributed by atoms with E-state index in [2.05, 4.69) is 42.4 Å². The van der Waals surface area contributed by atoms with Gasteiger partial charge in [-0.05, 0) is 42.0 Å². The van der Waals surface area contributed by atoms with Crippen molar-refractivity contribution in [3.8, 4) is 0 Å². The minimum absolute atomic E-state index is 0.235. The van der Waals surface area contributed by atoms with E-state index in [1.807, 2.05) is 36.4 Å². The monoisotopic (exact) mass is 380 g/mol. The Hall–Kier alpha value is -1.46. The molecule has 0 saturated carbocycles. The Morgan fingerprint density at radius 3 is 2.05 bits per heavy atom. The molecule has 96 valence electrons. The lowest BCUT2D eigenvalue weighted by Crippen LogP contribution is -2.17. The first-order valence-electron chi connectivity index (χ1n) is 5.50. The van der Waals surface area contributed by atoms with Gasteiger partial charge in [0, 0.05) is 14.5 Å². The van der Waals surface area contributed by atoms with E-state index in [1.54, 1.807) is 18.3 Å². The van der Waals surface area contributed by atoms with Crippen LogP contribution in [-0.2, 0) is 0 Å². The van der Waals surface area contributed by atoms with Crippen molar-refractivity contribution in [1.29, 1.82) is 0 Å². The molecule has 0 aliphatic heterocycles. The van der Waals surface area contributed by atoms with Gasteiger partial charge in [0.15, 0.2) is 0 Å². The molecule has 2 aromatic rings. The number of carbonyl (C=O) groups is 1. The second kappa shape index (κ2) is 6.63. The SMILES string of the molecule is O=C(N/N=C\c1ccc(Br)cc1)c1ccc(Br)cc1. The Bertz CT molecular complexity index is 592. The molecule has 0 spiro atoms. The van der Waals surface area contributed by atoms with Crippen LogP contribution in [0.25, 0.3) is 0 Å². The highest BCUT2D eigenvalue weighted by Gasteiger charge is 2.02. The normalized spacial score (nSPS) is 10.6. The average Bonchev–Trinajstić information content (AvgIpc) is 2.41. The summed E-state index contributed by atoms with van der Waals surface area (Å²) in [5, 5.41) is 3.92. The zero-order valence-electron chi connectivity index (χ0n) is 9.81. The van der Waals surface area contributed by atoms with E-state index in [-0.39, 0.29) is 5.91 Å². The van der Waals surface area contributed by atoms with Crippen molar-refractivity contribution in [2.75, 3.05) is 0 Å². The summed E-state index contributed by atoms with van der Waals surface area (Å²) in [5.74, 6) is -0.235. The van der Waals surface area contributed by atoms with E-state index in [4.69, 9.17) is 0 Å². The quantitative estimate of drug-likeness (QED) is 0.634. The number of nitrogens with one attached hydrogen (secondary N) is 1. The zero-order valence-corrected chi connectivity index (χ0v) is 13.0. The second-order valence-corrected chi connectivity index (χ2v) is 5.59. The topological polar surface area (TPSA) is 41.5 Å². The smallest absolute Gasteiger partial charge is 0.267 e. The minimum atomic E-state index is -0.235. The van der Waals surface area contributed by atoms with Crippen molar-refractivity contribution in [3.63, 3.8) is 0 Å². The summed E-state index contributed by atoms with van der Waals surface area (Å²) in [6.45, 7) is 0. The van der Waals surface area contributed by atoms with Crippen LogP contribution in [-0.4, -0.2) is 12.1 Å². The molecule has 1 N–H and O–H groups in total. The average molecular weight is 382 g/mol. The molecule has 0 unspecified atom stereocenters. The Balaban J connectivity index is 1.96. The van der Waals surface area contributed by atoms with Crippen LogP contribution in [0.5, 0.6) is 0 Å². The van der Waals surface area contributed by atoms with Crippen LogP contribution >= 0.6 is 31.9 Å². The molecule has 0 atom stereocenters. The first-order chi connectivity index (χ1) is 9.15. The third-order valence-electron chi connectivity index (χ3n) is 2.36. The Labute approximate surface area is 128 Å². The summed E-state index contributed by atoms with van der Waals surface area (Å²) < 4.78 is 1.94. The largest absolute Gasteiger partial charge is 0.271 e. The van der Waals surface area contributed by atoms with Crippen LogP contribution in [0.2, 0.25) is 0 Å². The summed E-state index contributed by atoms with van der Waals surface area (Å²) in [5.41, 5.74) is 3.97. The fraction of sp³-hybridized carbons (Fsp3) is 0. The lowest BCUT2D eigenvalue weighted by atomic mass is 10.2. The molecule has 2 rings (SSSR count). The molecule has 0 saturated heterocycles. The van der Waals surface area contributed by atoms with Crippen LogP contribution in [0.15, 0.2) is 62.6 Å². The Morgan fingerprint density at radius 1 is 0.947 bits per heavy atom. The van der Waals surface area contributed by atoms with Crippen molar-refractivity contribution in [1.82, 2.24) is 5.43 Å². The Kier molecular flexibility index (Phi) is 4.87. The summed E-state index contributed by atoms with van der Waals surface area (Å²) in [6, 6.07) is 14.7. The molecule has 0 aliphatic carbocycles. The van der Waals surface area contributed by atoms with Gasteiger partial charge in [0.05, 0.1) is 6.21 Å². The summed E-state index contributed by atoms with van der Waals surface area (Å²) >= 11 is 6.67. The van der Waals surface area contributed by atoms with Crippen molar-refractivity contribution >= 4 is 44.0 Å². The molecule has 3 nitrogen and oxygen atoms in total. The van der Waals surface area contributed by atoms with Gasteiger partial charge < -0.3 is 0 Å². The molecule has 0 bridgehead atoms. The molecule has 5 heteroatoms. The number of hydrogen-bond acceptors (Lipinski definition) is 2. The van der Waals surface area contributed by atoms with Gasteiger partial charge in [-0.2, -0.15) is 5.10 Å². The summed E-state index contributed by atoms with van der Waals surface area (Å²) in [7, 11) is 0. The van der Waals surface area contributed by atoms with E-state index in [9.17, 15) is 4.79 Å². The van der Waals surface area contributed by atoms with Gasteiger partial charge in [-0.15, -0.1) is 0 Å². The first kappa shape index (κ1) is 14.0. The molecule has 0 heterocycles. The molecule has 19 heavy (non-hydrogen) atoms. The molecule has 0 aromatic heterocycles. The number of benzene rings is 2. The number of carbonyl (C=O) groups excluding carboxylic acids is 1. The molecular weight excluding hydrogens is 372 g/mol. The molecule has 1 amide bonds. The van der Waals surface area contributed by atoms with Crippen molar-refractivity contribution < 1.29 is 4.79 Å². The molecule has 0 aliphatic rings. The molecule has 0 radical (unpaired) electrons. The molecule has 0 fully saturated rings. The molecular formula is C14H10Br2N2O. The van der Waals surface area contributed by atoms with Crippen LogP contribution in [0.3, 0.4) is 0 Å². The summed E-state index contributed by atoms with van der Waals surface area (Å²) in [6.07, 6.45) is 1.60. The van der Waals surface area contributed by atoms with Crippen LogP contribution in [0, 0.1) is 0 Å². The first-order valence-corrected chi connectivity index (χ1v) is 7.08.